The molecule has 0 saturated heterocycles. The third-order valence-corrected chi connectivity index (χ3v) is 4.88. The summed E-state index contributed by atoms with van der Waals surface area (Å²) in [6.07, 6.45) is 1.23. The van der Waals surface area contributed by atoms with Gasteiger partial charge in [0.05, 0.1) is 21.2 Å². The number of aromatic nitrogens is 3. The van der Waals surface area contributed by atoms with Crippen LogP contribution in [0.25, 0.3) is 10.9 Å². The van der Waals surface area contributed by atoms with Crippen LogP contribution >= 0.6 is 23.2 Å². The summed E-state index contributed by atoms with van der Waals surface area (Å²) in [7, 11) is 0. The second-order valence-corrected chi connectivity index (χ2v) is 7.22. The van der Waals surface area contributed by atoms with Gasteiger partial charge in [-0.15, -0.1) is 0 Å². The zero-order valence-corrected chi connectivity index (χ0v) is 17.1. The summed E-state index contributed by atoms with van der Waals surface area (Å²) >= 11 is 12.2. The monoisotopic (exact) mass is 440 g/mol. The van der Waals surface area contributed by atoms with Gasteiger partial charge in [0, 0.05) is 21.8 Å². The average molecular weight is 441 g/mol. The molecule has 0 spiro atoms. The normalized spacial score (nSPS) is 10.8. The Balaban J connectivity index is 1.77. The Morgan fingerprint density at radius 3 is 2.43 bits per heavy atom. The minimum absolute atomic E-state index is 0.0177. The summed E-state index contributed by atoms with van der Waals surface area (Å²) in [5.41, 5.74) is 2.33. The fourth-order valence-corrected chi connectivity index (χ4v) is 3.29. The Kier molecular flexibility index (Phi) is 5.35. The minimum Gasteiger partial charge on any atom is -0.334 e. The summed E-state index contributed by atoms with van der Waals surface area (Å²) in [5.74, 6) is 0.0135. The van der Waals surface area contributed by atoms with Gasteiger partial charge in [0.1, 0.15) is 6.33 Å². The van der Waals surface area contributed by atoms with Gasteiger partial charge >= 0.3 is 5.69 Å². The molecular formula is C20H14Cl2N6O2. The van der Waals surface area contributed by atoms with E-state index in [0.717, 1.165) is 16.6 Å². The molecule has 8 nitrogen and oxygen atoms in total. The topological polar surface area (TPSA) is 106 Å². The maximum absolute atomic E-state index is 11.9. The van der Waals surface area contributed by atoms with Crippen molar-refractivity contribution < 1.29 is 4.92 Å². The van der Waals surface area contributed by atoms with Crippen molar-refractivity contribution in [2.75, 3.05) is 10.6 Å². The first-order valence-corrected chi connectivity index (χ1v) is 9.53. The molecule has 0 fully saturated rings. The van der Waals surface area contributed by atoms with Gasteiger partial charge in [-0.05, 0) is 49.4 Å². The number of aryl methyl sites for hydroxylation is 1. The fraction of sp³-hybridized carbons (Fsp3) is 0.0500. The van der Waals surface area contributed by atoms with Gasteiger partial charge in [0.2, 0.25) is 11.6 Å². The van der Waals surface area contributed by atoms with E-state index in [1.165, 1.54) is 6.33 Å². The van der Waals surface area contributed by atoms with E-state index < -0.39 is 4.92 Å². The smallest absolute Gasteiger partial charge is 0.334 e. The number of nitrogens with one attached hydrogen (secondary N) is 2. The number of benzene rings is 2. The SMILES string of the molecule is Cc1ccc2c(Nc3ncnc(Nc4cc(Cl)ccc4Cl)c3[N+](=O)[O-])cccc2n1. The van der Waals surface area contributed by atoms with E-state index in [0.29, 0.717) is 21.4 Å². The fourth-order valence-electron chi connectivity index (χ4n) is 2.95. The summed E-state index contributed by atoms with van der Waals surface area (Å²) in [6.45, 7) is 1.90. The lowest BCUT2D eigenvalue weighted by Crippen LogP contribution is -2.06. The maximum atomic E-state index is 11.9. The Bertz CT molecular complexity index is 1280. The highest BCUT2D eigenvalue weighted by Crippen LogP contribution is 2.36. The molecule has 0 atom stereocenters. The van der Waals surface area contributed by atoms with Crippen molar-refractivity contribution in [3.63, 3.8) is 0 Å². The van der Waals surface area contributed by atoms with Crippen LogP contribution in [-0.2, 0) is 0 Å². The van der Waals surface area contributed by atoms with E-state index in [-0.39, 0.29) is 17.3 Å². The van der Waals surface area contributed by atoms with Gasteiger partial charge in [0.15, 0.2) is 0 Å². The minimum atomic E-state index is -0.559. The largest absolute Gasteiger partial charge is 0.353 e. The molecule has 0 radical (unpaired) electrons. The summed E-state index contributed by atoms with van der Waals surface area (Å²) < 4.78 is 0. The third-order valence-electron chi connectivity index (χ3n) is 4.31. The Morgan fingerprint density at radius 2 is 1.70 bits per heavy atom. The molecule has 0 saturated carbocycles. The van der Waals surface area contributed by atoms with Gasteiger partial charge in [-0.3, -0.25) is 15.1 Å². The van der Waals surface area contributed by atoms with E-state index in [1.54, 1.807) is 24.3 Å². The second kappa shape index (κ2) is 8.10. The second-order valence-electron chi connectivity index (χ2n) is 6.38. The van der Waals surface area contributed by atoms with E-state index in [9.17, 15) is 10.1 Å². The lowest BCUT2D eigenvalue weighted by Gasteiger charge is -2.12. The van der Waals surface area contributed by atoms with E-state index in [4.69, 9.17) is 23.2 Å². The van der Waals surface area contributed by atoms with Crippen LogP contribution in [0.2, 0.25) is 10.0 Å². The van der Waals surface area contributed by atoms with E-state index in [1.807, 2.05) is 31.2 Å². The number of rotatable bonds is 5. The van der Waals surface area contributed by atoms with Gasteiger partial charge in [-0.25, -0.2) is 9.97 Å². The summed E-state index contributed by atoms with van der Waals surface area (Å²) in [6, 6.07) is 14.0. The Morgan fingerprint density at radius 1 is 0.967 bits per heavy atom. The molecule has 0 aliphatic carbocycles. The molecule has 4 aromatic rings. The number of hydrogen-bond acceptors (Lipinski definition) is 7. The first kappa shape index (κ1) is 19.8. The van der Waals surface area contributed by atoms with Gasteiger partial charge in [-0.2, -0.15) is 0 Å². The van der Waals surface area contributed by atoms with Crippen molar-refractivity contribution in [1.82, 2.24) is 15.0 Å². The lowest BCUT2D eigenvalue weighted by molar-refractivity contribution is -0.383. The molecular weight excluding hydrogens is 427 g/mol. The zero-order chi connectivity index (χ0) is 21.3. The number of fused-ring (bicyclic) bond motifs is 1. The zero-order valence-electron chi connectivity index (χ0n) is 15.6. The molecule has 0 amide bonds. The average Bonchev–Trinajstić information content (AvgIpc) is 2.70. The number of nitrogens with zero attached hydrogens (tertiary/aromatic N) is 4. The predicted molar refractivity (Wildman–Crippen MR) is 118 cm³/mol. The Hall–Kier alpha value is -3.49. The van der Waals surface area contributed by atoms with Crippen molar-refractivity contribution in [1.29, 1.82) is 0 Å². The van der Waals surface area contributed by atoms with Crippen molar-refractivity contribution in [2.45, 2.75) is 6.92 Å². The van der Waals surface area contributed by atoms with Crippen LogP contribution in [0.1, 0.15) is 5.69 Å². The lowest BCUT2D eigenvalue weighted by atomic mass is 10.1. The molecule has 0 bridgehead atoms. The molecule has 2 N–H and O–H groups in total. The van der Waals surface area contributed by atoms with Crippen LogP contribution in [0.3, 0.4) is 0 Å². The third kappa shape index (κ3) is 3.96. The highest BCUT2D eigenvalue weighted by molar-refractivity contribution is 6.35. The molecule has 10 heteroatoms. The highest BCUT2D eigenvalue weighted by atomic mass is 35.5. The highest BCUT2D eigenvalue weighted by Gasteiger charge is 2.24. The summed E-state index contributed by atoms with van der Waals surface area (Å²) in [5, 5.41) is 19.3. The van der Waals surface area contributed by atoms with Crippen LogP contribution in [0.4, 0.5) is 28.7 Å². The quantitative estimate of drug-likeness (QED) is 0.287. The molecule has 4 rings (SSSR count). The van der Waals surface area contributed by atoms with Crippen molar-refractivity contribution in [3.05, 3.63) is 80.7 Å². The molecule has 150 valence electrons. The van der Waals surface area contributed by atoms with E-state index >= 15 is 0 Å². The first-order valence-electron chi connectivity index (χ1n) is 8.77. The molecule has 2 heterocycles. The van der Waals surface area contributed by atoms with Gasteiger partial charge in [0.25, 0.3) is 0 Å². The standard InChI is InChI=1S/C20H14Cl2N6O2/c1-11-5-7-13-15(25-11)3-2-4-16(13)26-19-18(28(29)30)20(24-10-23-19)27-17-9-12(21)6-8-14(17)22/h2-10H,1H3,(H2,23,24,26,27). The van der Waals surface area contributed by atoms with Crippen molar-refractivity contribution in [3.8, 4) is 0 Å². The first-order chi connectivity index (χ1) is 14.4. The molecule has 30 heavy (non-hydrogen) atoms. The van der Waals surface area contributed by atoms with Gasteiger partial charge in [-0.1, -0.05) is 29.3 Å². The van der Waals surface area contributed by atoms with Crippen LogP contribution in [0, 0.1) is 17.0 Å². The van der Waals surface area contributed by atoms with Crippen molar-refractivity contribution in [2.24, 2.45) is 0 Å². The molecule has 2 aromatic carbocycles. The van der Waals surface area contributed by atoms with Crippen LogP contribution in [-0.4, -0.2) is 19.9 Å². The molecule has 0 aliphatic heterocycles. The number of nitro groups is 1. The maximum Gasteiger partial charge on any atom is 0.353 e. The summed E-state index contributed by atoms with van der Waals surface area (Å²) in [4.78, 5) is 23.9. The molecule has 0 unspecified atom stereocenters. The predicted octanol–water partition coefficient (Wildman–Crippen LogP) is 6.04. The van der Waals surface area contributed by atoms with Crippen LogP contribution in [0.5, 0.6) is 0 Å². The van der Waals surface area contributed by atoms with E-state index in [2.05, 4.69) is 25.6 Å². The van der Waals surface area contributed by atoms with Crippen LogP contribution in [0.15, 0.2) is 54.9 Å². The van der Waals surface area contributed by atoms with Gasteiger partial charge < -0.3 is 10.6 Å². The Labute approximate surface area is 181 Å². The number of halogens is 2. The number of anilines is 4. The molecule has 2 aromatic heterocycles. The number of pyridine rings is 1. The van der Waals surface area contributed by atoms with Crippen LogP contribution < -0.4 is 10.6 Å². The van der Waals surface area contributed by atoms with Crippen molar-refractivity contribution >= 4 is 62.8 Å². The molecule has 0 aliphatic rings. The number of hydrogen-bond donors (Lipinski definition) is 2.